The molecule has 0 unspecified atom stereocenters. The average Bonchev–Trinajstić information content (AvgIpc) is 2.96. The van der Waals surface area contributed by atoms with Crippen LogP contribution < -0.4 is 5.43 Å². The summed E-state index contributed by atoms with van der Waals surface area (Å²) in [4.78, 5) is 24.9. The molecule has 0 saturated carbocycles. The number of nitrogens with one attached hydrogen (secondary N) is 1. The Bertz CT molecular complexity index is 669. The number of rotatable bonds is 2. The molecule has 22 heavy (non-hydrogen) atoms. The number of nitrogens with zero attached hydrogens (tertiary/aromatic N) is 1. The number of hydrogen-bond acceptors (Lipinski definition) is 3. The molecule has 0 aliphatic heterocycles. The highest BCUT2D eigenvalue weighted by molar-refractivity contribution is 5.99. The first-order valence-electron chi connectivity index (χ1n) is 7.03. The molecule has 2 aromatic rings. The summed E-state index contributed by atoms with van der Waals surface area (Å²) in [6.45, 7) is 7.49. The van der Waals surface area contributed by atoms with Gasteiger partial charge < -0.3 is 4.42 Å². The minimum Gasteiger partial charge on any atom is -0.472 e. The van der Waals surface area contributed by atoms with Crippen molar-refractivity contribution in [3.63, 3.8) is 0 Å². The molecule has 1 N–H and O–H groups in total. The number of amides is 2. The summed E-state index contributed by atoms with van der Waals surface area (Å²) in [5.41, 5.74) is 3.98. The van der Waals surface area contributed by atoms with Gasteiger partial charge in [0, 0.05) is 5.56 Å². The van der Waals surface area contributed by atoms with Crippen molar-refractivity contribution in [2.45, 2.75) is 33.2 Å². The second-order valence-electron chi connectivity index (χ2n) is 6.13. The topological polar surface area (TPSA) is 62.6 Å². The Kier molecular flexibility index (Phi) is 4.35. The number of benzene rings is 1. The van der Waals surface area contributed by atoms with Gasteiger partial charge in [-0.15, -0.1) is 0 Å². The van der Waals surface area contributed by atoms with E-state index >= 15 is 0 Å². The van der Waals surface area contributed by atoms with Crippen LogP contribution in [0.1, 0.15) is 47.1 Å². The Hall–Kier alpha value is -2.56. The molecule has 0 radical (unpaired) electrons. The number of hydrazine groups is 1. The molecule has 0 bridgehead atoms. The van der Waals surface area contributed by atoms with Gasteiger partial charge in [0.2, 0.25) is 0 Å². The normalized spacial score (nSPS) is 11.1. The van der Waals surface area contributed by atoms with E-state index in [1.165, 1.54) is 17.5 Å². The zero-order valence-electron chi connectivity index (χ0n) is 13.2. The molecule has 0 spiro atoms. The summed E-state index contributed by atoms with van der Waals surface area (Å²) in [7, 11) is 0. The van der Waals surface area contributed by atoms with Crippen LogP contribution in [0, 0.1) is 6.92 Å². The molecule has 0 saturated heterocycles. The molecule has 5 nitrogen and oxygen atoms in total. The highest BCUT2D eigenvalue weighted by Gasteiger charge is 2.29. The van der Waals surface area contributed by atoms with Crippen molar-refractivity contribution < 1.29 is 14.0 Å². The Morgan fingerprint density at radius 1 is 1.14 bits per heavy atom. The van der Waals surface area contributed by atoms with Crippen LogP contribution in [0.3, 0.4) is 0 Å². The third-order valence-electron chi connectivity index (χ3n) is 3.14. The minimum atomic E-state index is -0.569. The molecule has 0 atom stereocenters. The van der Waals surface area contributed by atoms with Crippen LogP contribution in [0.15, 0.2) is 47.3 Å². The Morgan fingerprint density at radius 2 is 1.86 bits per heavy atom. The van der Waals surface area contributed by atoms with Gasteiger partial charge in [0.1, 0.15) is 6.26 Å². The van der Waals surface area contributed by atoms with E-state index in [2.05, 4.69) is 5.43 Å². The monoisotopic (exact) mass is 300 g/mol. The number of carbonyl (C=O) groups excluding carboxylic acids is 2. The van der Waals surface area contributed by atoms with Gasteiger partial charge in [-0.05, 0) is 45.9 Å². The minimum absolute atomic E-state index is 0.256. The average molecular weight is 300 g/mol. The van der Waals surface area contributed by atoms with Gasteiger partial charge in [0.05, 0.1) is 17.4 Å². The highest BCUT2D eigenvalue weighted by Crippen LogP contribution is 2.16. The van der Waals surface area contributed by atoms with Gasteiger partial charge in [0.15, 0.2) is 0 Å². The summed E-state index contributed by atoms with van der Waals surface area (Å²) >= 11 is 0. The summed E-state index contributed by atoms with van der Waals surface area (Å²) in [6.07, 6.45) is 2.76. The maximum Gasteiger partial charge on any atom is 0.273 e. The van der Waals surface area contributed by atoms with E-state index in [1.54, 1.807) is 18.2 Å². The second kappa shape index (κ2) is 6.05. The fraction of sp³-hybridized carbons (Fsp3) is 0.294. The standard InChI is InChI=1S/C17H20N2O3/c1-12-6-5-7-13(10-12)16(21)19(17(2,3)4)18-15(20)14-8-9-22-11-14/h5-11H,1-4H3,(H,18,20). The van der Waals surface area contributed by atoms with Crippen LogP contribution in [0.25, 0.3) is 0 Å². The molecule has 116 valence electrons. The van der Waals surface area contributed by atoms with E-state index < -0.39 is 5.54 Å². The lowest BCUT2D eigenvalue weighted by molar-refractivity contribution is 0.0358. The predicted octanol–water partition coefficient (Wildman–Crippen LogP) is 3.17. The highest BCUT2D eigenvalue weighted by atomic mass is 16.3. The molecule has 5 heteroatoms. The van der Waals surface area contributed by atoms with Crippen LogP contribution >= 0.6 is 0 Å². The van der Waals surface area contributed by atoms with Crippen LogP contribution in [0.5, 0.6) is 0 Å². The van der Waals surface area contributed by atoms with Crippen molar-refractivity contribution in [2.24, 2.45) is 0 Å². The first-order chi connectivity index (χ1) is 10.3. The lowest BCUT2D eigenvalue weighted by Gasteiger charge is -2.35. The molecule has 1 heterocycles. The first kappa shape index (κ1) is 15.8. The van der Waals surface area contributed by atoms with E-state index in [0.29, 0.717) is 11.1 Å². The predicted molar refractivity (Wildman–Crippen MR) is 83.3 cm³/mol. The maximum atomic E-state index is 12.7. The van der Waals surface area contributed by atoms with E-state index in [-0.39, 0.29) is 11.8 Å². The van der Waals surface area contributed by atoms with Crippen molar-refractivity contribution in [3.05, 3.63) is 59.5 Å². The molecule has 2 rings (SSSR count). The maximum absolute atomic E-state index is 12.7. The van der Waals surface area contributed by atoms with Gasteiger partial charge in [-0.1, -0.05) is 17.7 Å². The fourth-order valence-corrected chi connectivity index (χ4v) is 1.99. The van der Waals surface area contributed by atoms with E-state index in [4.69, 9.17) is 4.42 Å². The summed E-state index contributed by atoms with van der Waals surface area (Å²) in [6, 6.07) is 8.82. The van der Waals surface area contributed by atoms with Crippen LogP contribution in [-0.2, 0) is 0 Å². The molecular formula is C17H20N2O3. The zero-order chi connectivity index (χ0) is 16.3. The van der Waals surface area contributed by atoms with Crippen LogP contribution in [0.4, 0.5) is 0 Å². The lowest BCUT2D eigenvalue weighted by atomic mass is 10.1. The van der Waals surface area contributed by atoms with Crippen molar-refractivity contribution in [2.75, 3.05) is 0 Å². The number of carbonyl (C=O) groups is 2. The van der Waals surface area contributed by atoms with Gasteiger partial charge in [-0.25, -0.2) is 5.01 Å². The molecule has 0 fully saturated rings. The Balaban J connectivity index is 2.27. The smallest absolute Gasteiger partial charge is 0.273 e. The van der Waals surface area contributed by atoms with Crippen LogP contribution in [-0.4, -0.2) is 22.4 Å². The van der Waals surface area contributed by atoms with Gasteiger partial charge >= 0.3 is 0 Å². The summed E-state index contributed by atoms with van der Waals surface area (Å²) in [5, 5.41) is 1.34. The number of aryl methyl sites for hydroxylation is 1. The zero-order valence-corrected chi connectivity index (χ0v) is 13.2. The van der Waals surface area contributed by atoms with Crippen LogP contribution in [0.2, 0.25) is 0 Å². The fourth-order valence-electron chi connectivity index (χ4n) is 1.99. The number of furan rings is 1. The van der Waals surface area contributed by atoms with Gasteiger partial charge in [0.25, 0.3) is 11.8 Å². The molecular weight excluding hydrogens is 280 g/mol. The van der Waals surface area contributed by atoms with Crippen molar-refractivity contribution in [3.8, 4) is 0 Å². The summed E-state index contributed by atoms with van der Waals surface area (Å²) in [5.74, 6) is -0.641. The van der Waals surface area contributed by atoms with E-state index in [1.807, 2.05) is 39.8 Å². The first-order valence-corrected chi connectivity index (χ1v) is 7.03. The third kappa shape index (κ3) is 3.55. The Labute approximate surface area is 129 Å². The second-order valence-corrected chi connectivity index (χ2v) is 6.13. The number of hydrogen-bond donors (Lipinski definition) is 1. The Morgan fingerprint density at radius 3 is 2.41 bits per heavy atom. The largest absolute Gasteiger partial charge is 0.472 e. The van der Waals surface area contributed by atoms with Crippen molar-refractivity contribution in [1.82, 2.24) is 10.4 Å². The molecule has 0 aliphatic carbocycles. The van der Waals surface area contributed by atoms with Gasteiger partial charge in [-0.2, -0.15) is 0 Å². The van der Waals surface area contributed by atoms with Gasteiger partial charge in [-0.3, -0.25) is 15.0 Å². The molecule has 0 aliphatic rings. The van der Waals surface area contributed by atoms with E-state index in [9.17, 15) is 9.59 Å². The molecule has 1 aromatic heterocycles. The quantitative estimate of drug-likeness (QED) is 0.866. The summed E-state index contributed by atoms with van der Waals surface area (Å²) < 4.78 is 4.90. The lowest BCUT2D eigenvalue weighted by Crippen LogP contribution is -2.55. The van der Waals surface area contributed by atoms with E-state index in [0.717, 1.165) is 5.56 Å². The molecule has 1 aromatic carbocycles. The molecule has 2 amide bonds. The third-order valence-corrected chi connectivity index (χ3v) is 3.14. The van der Waals surface area contributed by atoms with Crippen molar-refractivity contribution >= 4 is 11.8 Å². The SMILES string of the molecule is Cc1cccc(C(=O)N(NC(=O)c2ccoc2)C(C)(C)C)c1. The van der Waals surface area contributed by atoms with Crippen molar-refractivity contribution in [1.29, 1.82) is 0 Å².